The molecule has 1 atom stereocenters. The van der Waals surface area contributed by atoms with Crippen LogP contribution in [0.5, 0.6) is 0 Å². The van der Waals surface area contributed by atoms with Gasteiger partial charge in [-0.3, -0.25) is 0 Å². The van der Waals surface area contributed by atoms with Crippen molar-refractivity contribution in [3.63, 3.8) is 0 Å². The maximum Gasteiger partial charge on any atom is 0.460 e. The molecule has 1 nitrogen and oxygen atoms in total. The molecule has 8 heteroatoms. The Morgan fingerprint density at radius 1 is 0.926 bits per heavy atom. The fourth-order valence-corrected chi connectivity index (χ4v) is 2.43. The van der Waals surface area contributed by atoms with Crippen LogP contribution in [0.25, 0.3) is 0 Å². The summed E-state index contributed by atoms with van der Waals surface area (Å²) in [5.74, 6) is -11.4. The molecule has 0 radical (unpaired) electrons. The Morgan fingerprint density at radius 3 is 2.11 bits per heavy atom. The van der Waals surface area contributed by atoms with Gasteiger partial charge in [0.1, 0.15) is 0 Å². The zero-order chi connectivity index (χ0) is 20.6. The van der Waals surface area contributed by atoms with Crippen LogP contribution in [0.3, 0.4) is 0 Å². The second-order valence-electron chi connectivity index (χ2n) is 6.38. The average molecular weight is 399 g/mol. The van der Waals surface area contributed by atoms with Crippen molar-refractivity contribution >= 4 is 0 Å². The Kier molecular flexibility index (Phi) is 8.78. The summed E-state index contributed by atoms with van der Waals surface area (Å²) in [6.07, 6.45) is -2.23. The molecule has 0 saturated heterocycles. The summed E-state index contributed by atoms with van der Waals surface area (Å²) in [7, 11) is 0. The molecule has 1 unspecified atom stereocenters. The molecule has 1 N–H and O–H groups in total. The highest BCUT2D eigenvalue weighted by Crippen LogP contribution is 2.47. The summed E-state index contributed by atoms with van der Waals surface area (Å²) < 4.78 is 89.7. The third-order valence-corrected chi connectivity index (χ3v) is 4.09. The van der Waals surface area contributed by atoms with Crippen LogP contribution in [-0.4, -0.2) is 24.1 Å². The van der Waals surface area contributed by atoms with E-state index in [9.17, 15) is 30.7 Å². The summed E-state index contributed by atoms with van der Waals surface area (Å²) in [6.45, 7) is 2.27. The van der Waals surface area contributed by atoms with Gasteiger partial charge in [-0.25, -0.2) is 0 Å². The van der Waals surface area contributed by atoms with Gasteiger partial charge in [0, 0.05) is 12.6 Å². The molecule has 1 rings (SSSR count). The normalized spacial score (nSPS) is 14.7. The van der Waals surface area contributed by atoms with E-state index in [-0.39, 0.29) is 12.6 Å². The number of unbranched alkanes of at least 4 members (excludes halogenated alkanes) is 3. The number of halogens is 7. The number of benzene rings is 1. The second kappa shape index (κ2) is 10.1. The first-order valence-corrected chi connectivity index (χ1v) is 8.80. The van der Waals surface area contributed by atoms with Gasteiger partial charge in [0.2, 0.25) is 0 Å². The van der Waals surface area contributed by atoms with E-state index in [1.165, 1.54) is 0 Å². The molecule has 0 spiro atoms. The first-order chi connectivity index (χ1) is 12.5. The maximum atomic E-state index is 13.5. The largest absolute Gasteiger partial charge is 0.460 e. The van der Waals surface area contributed by atoms with Gasteiger partial charge >= 0.3 is 18.0 Å². The maximum absolute atomic E-state index is 13.5. The lowest BCUT2D eigenvalue weighted by Crippen LogP contribution is -2.51. The van der Waals surface area contributed by atoms with Crippen molar-refractivity contribution in [3.8, 4) is 0 Å². The summed E-state index contributed by atoms with van der Waals surface area (Å²) in [5.41, 5.74) is 0.844. The van der Waals surface area contributed by atoms with Crippen molar-refractivity contribution < 1.29 is 30.7 Å². The number of alkyl halides is 7. The number of allylic oxidation sites excluding steroid dienone is 1. The van der Waals surface area contributed by atoms with Crippen LogP contribution in [0.2, 0.25) is 0 Å². The standard InChI is InChI=1S/C19H24F7N/c1-2-3-4-8-11-16(27-14-15-9-6-5-7-10-15)12-13-17(20,21)18(22,23)19(24,25)26/h5-7,9-10,12-13,16,27H,2-4,8,11,14H2,1H3/b13-12+. The van der Waals surface area contributed by atoms with Gasteiger partial charge in [-0.05, 0) is 18.1 Å². The van der Waals surface area contributed by atoms with Crippen LogP contribution in [0.15, 0.2) is 42.5 Å². The number of rotatable bonds is 11. The minimum atomic E-state index is -6.32. The summed E-state index contributed by atoms with van der Waals surface area (Å²) >= 11 is 0. The zero-order valence-electron chi connectivity index (χ0n) is 15.0. The summed E-state index contributed by atoms with van der Waals surface area (Å²) in [4.78, 5) is 0. The van der Waals surface area contributed by atoms with Crippen molar-refractivity contribution in [1.82, 2.24) is 5.32 Å². The third-order valence-electron chi connectivity index (χ3n) is 4.09. The van der Waals surface area contributed by atoms with E-state index in [0.29, 0.717) is 18.9 Å². The van der Waals surface area contributed by atoms with Crippen LogP contribution in [0.1, 0.15) is 44.6 Å². The molecule has 0 aromatic heterocycles. The Bertz CT molecular complexity index is 567. The molecule has 0 saturated carbocycles. The Balaban J connectivity index is 2.82. The zero-order valence-corrected chi connectivity index (χ0v) is 15.0. The highest BCUT2D eigenvalue weighted by atomic mass is 19.4. The van der Waals surface area contributed by atoms with Crippen molar-refractivity contribution in [2.75, 3.05) is 0 Å². The highest BCUT2D eigenvalue weighted by Gasteiger charge is 2.71. The van der Waals surface area contributed by atoms with Crippen molar-refractivity contribution in [1.29, 1.82) is 0 Å². The van der Waals surface area contributed by atoms with Gasteiger partial charge in [0.15, 0.2) is 0 Å². The fraction of sp³-hybridized carbons (Fsp3) is 0.579. The predicted molar refractivity (Wildman–Crippen MR) is 90.9 cm³/mol. The molecular weight excluding hydrogens is 375 g/mol. The monoisotopic (exact) mass is 399 g/mol. The van der Waals surface area contributed by atoms with E-state index in [4.69, 9.17) is 0 Å². The molecule has 1 aromatic rings. The van der Waals surface area contributed by atoms with Crippen molar-refractivity contribution in [3.05, 3.63) is 48.0 Å². The molecule has 0 fully saturated rings. The quantitative estimate of drug-likeness (QED) is 0.254. The van der Waals surface area contributed by atoms with Crippen molar-refractivity contribution in [2.24, 2.45) is 0 Å². The summed E-state index contributed by atoms with van der Waals surface area (Å²) in [5, 5.41) is 2.93. The lowest BCUT2D eigenvalue weighted by Gasteiger charge is -2.26. The molecular formula is C19H24F7N. The van der Waals surface area contributed by atoms with E-state index < -0.39 is 24.1 Å². The molecule has 0 aliphatic carbocycles. The van der Waals surface area contributed by atoms with Gasteiger partial charge in [0.05, 0.1) is 0 Å². The smallest absolute Gasteiger partial charge is 0.306 e. The number of nitrogens with one attached hydrogen (secondary N) is 1. The van der Waals surface area contributed by atoms with E-state index in [2.05, 4.69) is 5.32 Å². The van der Waals surface area contributed by atoms with Gasteiger partial charge in [-0.1, -0.05) is 69.0 Å². The van der Waals surface area contributed by atoms with Gasteiger partial charge < -0.3 is 5.32 Å². The van der Waals surface area contributed by atoms with Gasteiger partial charge in [0.25, 0.3) is 0 Å². The first-order valence-electron chi connectivity index (χ1n) is 8.80. The molecule has 0 amide bonds. The second-order valence-corrected chi connectivity index (χ2v) is 6.38. The van der Waals surface area contributed by atoms with Crippen molar-refractivity contribution in [2.45, 2.75) is 69.6 Å². The number of hydrogen-bond acceptors (Lipinski definition) is 1. The van der Waals surface area contributed by atoms with Crippen LogP contribution in [0.4, 0.5) is 30.7 Å². The van der Waals surface area contributed by atoms with Crippen LogP contribution in [0, 0.1) is 0 Å². The topological polar surface area (TPSA) is 12.0 Å². The molecule has 0 bridgehead atoms. The third kappa shape index (κ3) is 7.16. The minimum absolute atomic E-state index is 0.283. The Hall–Kier alpha value is -1.57. The molecule has 0 aliphatic heterocycles. The SMILES string of the molecule is CCCCCCC(/C=C/C(F)(F)C(F)(F)C(F)(F)F)NCc1ccccc1. The fourth-order valence-electron chi connectivity index (χ4n) is 2.43. The Morgan fingerprint density at radius 2 is 1.56 bits per heavy atom. The van der Waals surface area contributed by atoms with E-state index in [1.54, 1.807) is 30.3 Å². The van der Waals surface area contributed by atoms with Crippen LogP contribution >= 0.6 is 0 Å². The summed E-state index contributed by atoms with van der Waals surface area (Å²) in [6, 6.07) is 8.19. The van der Waals surface area contributed by atoms with Crippen LogP contribution < -0.4 is 5.32 Å². The van der Waals surface area contributed by atoms with E-state index in [0.717, 1.165) is 24.8 Å². The average Bonchev–Trinajstić information content (AvgIpc) is 2.60. The molecule has 27 heavy (non-hydrogen) atoms. The molecule has 0 heterocycles. The van der Waals surface area contributed by atoms with Crippen LogP contribution in [-0.2, 0) is 6.54 Å². The molecule has 154 valence electrons. The number of hydrogen-bond donors (Lipinski definition) is 1. The first kappa shape index (κ1) is 23.5. The van der Waals surface area contributed by atoms with E-state index >= 15 is 0 Å². The molecule has 0 aliphatic rings. The van der Waals surface area contributed by atoms with Gasteiger partial charge in [-0.2, -0.15) is 30.7 Å². The lowest BCUT2D eigenvalue weighted by atomic mass is 10.0. The lowest BCUT2D eigenvalue weighted by molar-refractivity contribution is -0.341. The van der Waals surface area contributed by atoms with E-state index in [1.807, 2.05) is 6.92 Å². The highest BCUT2D eigenvalue weighted by molar-refractivity contribution is 5.15. The Labute approximate surface area is 154 Å². The van der Waals surface area contributed by atoms with Gasteiger partial charge in [-0.15, -0.1) is 0 Å². The minimum Gasteiger partial charge on any atom is -0.306 e. The predicted octanol–water partition coefficient (Wildman–Crippen LogP) is 6.50. The molecule has 1 aromatic carbocycles.